The number of hydrogen-bond donors (Lipinski definition) is 1. The van der Waals surface area contributed by atoms with Gasteiger partial charge >= 0.3 is 0 Å². The molecule has 0 unspecified atom stereocenters. The van der Waals surface area contributed by atoms with E-state index in [1.807, 2.05) is 0 Å². The van der Waals surface area contributed by atoms with E-state index in [0.29, 0.717) is 4.99 Å². The van der Waals surface area contributed by atoms with Crippen LogP contribution in [0, 0.1) is 5.92 Å². The molecule has 2 nitrogen and oxygen atoms in total. The fourth-order valence-electron chi connectivity index (χ4n) is 1.81. The molecule has 0 aromatic carbocycles. The Morgan fingerprint density at radius 3 is 2.62 bits per heavy atom. The van der Waals surface area contributed by atoms with Gasteiger partial charge in [0, 0.05) is 13.1 Å². The average Bonchev–Trinajstić information content (AvgIpc) is 1.96. The van der Waals surface area contributed by atoms with Crippen LogP contribution in [0.5, 0.6) is 0 Å². The van der Waals surface area contributed by atoms with E-state index in [2.05, 4.69) is 11.8 Å². The summed E-state index contributed by atoms with van der Waals surface area (Å²) in [5.74, 6) is 0.917. The summed E-state index contributed by atoms with van der Waals surface area (Å²) in [6, 6.07) is 0. The summed E-state index contributed by atoms with van der Waals surface area (Å²) >= 11 is 4.93. The van der Waals surface area contributed by atoms with E-state index < -0.39 is 0 Å². The highest BCUT2D eigenvalue weighted by Gasteiger charge is 2.20. The number of nitrogens with two attached hydrogens (primary N) is 1. The van der Waals surface area contributed by atoms with Gasteiger partial charge in [-0.25, -0.2) is 0 Å². The molecule has 2 N–H and O–H groups in total. The van der Waals surface area contributed by atoms with Crippen molar-refractivity contribution in [3.05, 3.63) is 0 Å². The predicted octanol–water partition coefficient (Wildman–Crippen LogP) is 1.78. The van der Waals surface area contributed by atoms with Crippen LogP contribution in [0.25, 0.3) is 0 Å². The second kappa shape index (κ2) is 5.55. The first-order valence-electron chi connectivity index (χ1n) is 5.23. The van der Waals surface area contributed by atoms with Crippen molar-refractivity contribution in [3.63, 3.8) is 0 Å². The summed E-state index contributed by atoms with van der Waals surface area (Å²) in [7, 11) is 0. The third-order valence-corrected chi connectivity index (χ3v) is 2.79. The van der Waals surface area contributed by atoms with E-state index in [1.54, 1.807) is 0 Å². The second-order valence-corrected chi connectivity index (χ2v) is 4.52. The van der Waals surface area contributed by atoms with Crippen LogP contribution < -0.4 is 5.73 Å². The van der Waals surface area contributed by atoms with Crippen LogP contribution in [0.3, 0.4) is 0 Å². The molecular formula is C10H20N2S. The molecule has 1 fully saturated rings. The van der Waals surface area contributed by atoms with Crippen molar-refractivity contribution in [2.45, 2.75) is 32.6 Å². The monoisotopic (exact) mass is 200 g/mol. The maximum absolute atomic E-state index is 5.55. The highest BCUT2D eigenvalue weighted by molar-refractivity contribution is 7.80. The molecule has 0 saturated heterocycles. The van der Waals surface area contributed by atoms with E-state index in [0.717, 1.165) is 19.0 Å². The Balaban J connectivity index is 2.23. The highest BCUT2D eigenvalue weighted by atomic mass is 32.1. The maximum atomic E-state index is 5.55. The van der Waals surface area contributed by atoms with Crippen LogP contribution >= 0.6 is 12.2 Å². The van der Waals surface area contributed by atoms with Crippen molar-refractivity contribution in [2.75, 3.05) is 19.6 Å². The minimum atomic E-state index is 0.632. The summed E-state index contributed by atoms with van der Waals surface area (Å²) in [5, 5.41) is 0. The number of thiocarbonyl (C=S) groups is 1. The topological polar surface area (TPSA) is 29.3 Å². The van der Waals surface area contributed by atoms with E-state index in [9.17, 15) is 0 Å². The summed E-state index contributed by atoms with van der Waals surface area (Å²) in [5.41, 5.74) is 5.55. The van der Waals surface area contributed by atoms with Crippen molar-refractivity contribution in [2.24, 2.45) is 11.7 Å². The molecule has 0 atom stereocenters. The molecule has 1 aliphatic carbocycles. The van der Waals surface area contributed by atoms with Crippen LogP contribution in [0.1, 0.15) is 32.6 Å². The van der Waals surface area contributed by atoms with Crippen LogP contribution in [0.2, 0.25) is 0 Å². The van der Waals surface area contributed by atoms with Crippen LogP contribution in [-0.4, -0.2) is 29.5 Å². The Kier molecular flexibility index (Phi) is 4.67. The van der Waals surface area contributed by atoms with E-state index in [-0.39, 0.29) is 0 Å². The van der Waals surface area contributed by atoms with Gasteiger partial charge < -0.3 is 5.73 Å². The van der Waals surface area contributed by atoms with Crippen molar-refractivity contribution in [3.8, 4) is 0 Å². The molecule has 0 spiro atoms. The summed E-state index contributed by atoms with van der Waals surface area (Å²) < 4.78 is 0. The molecule has 0 radical (unpaired) electrons. The smallest absolute Gasteiger partial charge is 0.0870 e. The van der Waals surface area contributed by atoms with Crippen molar-refractivity contribution < 1.29 is 0 Å². The molecular weight excluding hydrogens is 180 g/mol. The van der Waals surface area contributed by atoms with Gasteiger partial charge in [0.2, 0.25) is 0 Å². The second-order valence-electron chi connectivity index (χ2n) is 4.00. The summed E-state index contributed by atoms with van der Waals surface area (Å²) in [6.07, 6.45) is 5.40. The molecule has 76 valence electrons. The number of hydrogen-bond acceptors (Lipinski definition) is 2. The molecule has 3 heteroatoms. The third-order valence-electron chi connectivity index (χ3n) is 2.66. The van der Waals surface area contributed by atoms with Crippen LogP contribution in [-0.2, 0) is 0 Å². The van der Waals surface area contributed by atoms with Gasteiger partial charge in [-0.15, -0.1) is 0 Å². The fourth-order valence-corrected chi connectivity index (χ4v) is 1.99. The van der Waals surface area contributed by atoms with Gasteiger partial charge in [0.1, 0.15) is 0 Å². The van der Waals surface area contributed by atoms with E-state index in [1.165, 1.54) is 32.2 Å². The molecule has 1 saturated carbocycles. The lowest BCUT2D eigenvalue weighted by Crippen LogP contribution is -2.38. The van der Waals surface area contributed by atoms with Gasteiger partial charge in [-0.3, -0.25) is 4.90 Å². The number of rotatable bonds is 6. The fraction of sp³-hybridized carbons (Fsp3) is 0.900. The first-order chi connectivity index (χ1) is 6.22. The molecule has 0 aromatic heterocycles. The van der Waals surface area contributed by atoms with Gasteiger partial charge in [0.15, 0.2) is 0 Å². The Bertz CT molecular complexity index is 166. The normalized spacial score (nSPS) is 17.4. The Hall–Kier alpha value is -0.150. The van der Waals surface area contributed by atoms with Gasteiger partial charge in [0.05, 0.1) is 4.99 Å². The third kappa shape index (κ3) is 4.05. The highest BCUT2D eigenvalue weighted by Crippen LogP contribution is 2.26. The molecule has 1 rings (SSSR count). The Labute approximate surface area is 86.5 Å². The van der Waals surface area contributed by atoms with Gasteiger partial charge in [-0.1, -0.05) is 25.6 Å². The SMILES string of the molecule is CCCN(CC(N)=S)CC1CCC1. The quantitative estimate of drug-likeness (QED) is 0.663. The van der Waals surface area contributed by atoms with Crippen molar-refractivity contribution in [1.82, 2.24) is 4.90 Å². The zero-order valence-corrected chi connectivity index (χ0v) is 9.28. The maximum Gasteiger partial charge on any atom is 0.0870 e. The lowest BCUT2D eigenvalue weighted by Gasteiger charge is -2.31. The average molecular weight is 200 g/mol. The van der Waals surface area contributed by atoms with Gasteiger partial charge in [0.25, 0.3) is 0 Å². The Morgan fingerprint density at radius 1 is 1.54 bits per heavy atom. The molecule has 0 heterocycles. The Morgan fingerprint density at radius 2 is 2.23 bits per heavy atom. The number of nitrogens with zero attached hydrogens (tertiary/aromatic N) is 1. The minimum absolute atomic E-state index is 0.632. The molecule has 13 heavy (non-hydrogen) atoms. The predicted molar refractivity (Wildman–Crippen MR) is 60.9 cm³/mol. The lowest BCUT2D eigenvalue weighted by atomic mass is 9.85. The lowest BCUT2D eigenvalue weighted by molar-refractivity contribution is 0.195. The zero-order valence-electron chi connectivity index (χ0n) is 8.46. The van der Waals surface area contributed by atoms with Crippen LogP contribution in [0.4, 0.5) is 0 Å². The van der Waals surface area contributed by atoms with Gasteiger partial charge in [-0.05, 0) is 31.7 Å². The first-order valence-corrected chi connectivity index (χ1v) is 5.64. The van der Waals surface area contributed by atoms with Gasteiger partial charge in [-0.2, -0.15) is 0 Å². The molecule has 0 aliphatic heterocycles. The zero-order chi connectivity index (χ0) is 9.68. The molecule has 0 aromatic rings. The molecule has 0 amide bonds. The van der Waals surface area contributed by atoms with E-state index >= 15 is 0 Å². The van der Waals surface area contributed by atoms with Crippen molar-refractivity contribution >= 4 is 17.2 Å². The van der Waals surface area contributed by atoms with Crippen molar-refractivity contribution in [1.29, 1.82) is 0 Å². The first kappa shape index (κ1) is 10.9. The standard InChI is InChI=1S/C10H20N2S/c1-2-6-12(8-10(11)13)7-9-4-3-5-9/h9H,2-8H2,1H3,(H2,11,13). The summed E-state index contributed by atoms with van der Waals surface area (Å²) in [6.45, 7) is 5.34. The van der Waals surface area contributed by atoms with Crippen LogP contribution in [0.15, 0.2) is 0 Å². The summed E-state index contributed by atoms with van der Waals surface area (Å²) in [4.78, 5) is 3.03. The molecule has 0 bridgehead atoms. The largest absolute Gasteiger partial charge is 0.392 e. The van der Waals surface area contributed by atoms with E-state index in [4.69, 9.17) is 18.0 Å². The molecule has 1 aliphatic rings. The minimum Gasteiger partial charge on any atom is -0.392 e.